The van der Waals surface area contributed by atoms with Gasteiger partial charge in [-0.25, -0.2) is 9.38 Å². The summed E-state index contributed by atoms with van der Waals surface area (Å²) in [6.07, 6.45) is 1.72. The highest BCUT2D eigenvalue weighted by atomic mass is 32.2. The maximum Gasteiger partial charge on any atom is 0.339 e. The molecule has 0 saturated heterocycles. The van der Waals surface area contributed by atoms with Crippen LogP contribution >= 0.6 is 11.3 Å². The average Bonchev–Trinajstić information content (AvgIpc) is 3.31. The van der Waals surface area contributed by atoms with Crippen molar-refractivity contribution in [3.63, 3.8) is 0 Å². The number of hydrogen-bond acceptors (Lipinski definition) is 7. The van der Waals surface area contributed by atoms with E-state index in [4.69, 9.17) is 8.92 Å². The maximum atomic E-state index is 12.9. The van der Waals surface area contributed by atoms with Gasteiger partial charge >= 0.3 is 10.1 Å². The molecular formula is C23H16N2O5S2. The van der Waals surface area contributed by atoms with Crippen molar-refractivity contribution in [2.75, 3.05) is 7.11 Å². The van der Waals surface area contributed by atoms with Gasteiger partial charge < -0.3 is 8.92 Å². The molecule has 0 spiro atoms. The van der Waals surface area contributed by atoms with Gasteiger partial charge in [0.2, 0.25) is 0 Å². The maximum absolute atomic E-state index is 12.9. The van der Waals surface area contributed by atoms with E-state index in [0.717, 1.165) is 11.0 Å². The molecule has 0 N–H and O–H groups in total. The number of rotatable bonds is 5. The quantitative estimate of drug-likeness (QED) is 0.371. The third kappa shape index (κ3) is 3.51. The van der Waals surface area contributed by atoms with Gasteiger partial charge in [0.25, 0.3) is 5.56 Å². The third-order valence-corrected chi connectivity index (χ3v) is 7.08. The van der Waals surface area contributed by atoms with Crippen LogP contribution in [0.3, 0.4) is 0 Å². The summed E-state index contributed by atoms with van der Waals surface area (Å²) in [7, 11) is -2.58. The van der Waals surface area contributed by atoms with Crippen molar-refractivity contribution in [1.29, 1.82) is 0 Å². The molecule has 5 rings (SSSR count). The Balaban J connectivity index is 1.54. The van der Waals surface area contributed by atoms with Crippen LogP contribution in [-0.4, -0.2) is 24.9 Å². The molecule has 9 heteroatoms. The normalized spacial score (nSPS) is 12.5. The van der Waals surface area contributed by atoms with Gasteiger partial charge in [-0.3, -0.25) is 4.79 Å². The fourth-order valence-corrected chi connectivity index (χ4v) is 5.31. The molecule has 0 saturated carbocycles. The molecule has 0 fully saturated rings. The van der Waals surface area contributed by atoms with E-state index in [1.54, 1.807) is 40.8 Å². The number of benzene rings is 3. The van der Waals surface area contributed by atoms with Crippen LogP contribution in [0.15, 0.2) is 82.5 Å². The van der Waals surface area contributed by atoms with Crippen LogP contribution in [0.2, 0.25) is 0 Å². The predicted octanol–water partition coefficient (Wildman–Crippen LogP) is 3.23. The first kappa shape index (κ1) is 20.2. The van der Waals surface area contributed by atoms with E-state index in [0.29, 0.717) is 15.1 Å². The lowest BCUT2D eigenvalue weighted by atomic mass is 10.2. The second-order valence-electron chi connectivity index (χ2n) is 6.90. The highest BCUT2D eigenvalue weighted by Crippen LogP contribution is 2.31. The Morgan fingerprint density at radius 1 is 0.969 bits per heavy atom. The first-order valence-electron chi connectivity index (χ1n) is 9.55. The van der Waals surface area contributed by atoms with Gasteiger partial charge in [-0.15, -0.1) is 0 Å². The van der Waals surface area contributed by atoms with Gasteiger partial charge in [-0.2, -0.15) is 8.42 Å². The predicted molar refractivity (Wildman–Crippen MR) is 123 cm³/mol. The number of aromatic nitrogens is 2. The van der Waals surface area contributed by atoms with Crippen LogP contribution < -0.4 is 19.0 Å². The van der Waals surface area contributed by atoms with E-state index in [2.05, 4.69) is 4.98 Å². The van der Waals surface area contributed by atoms with Gasteiger partial charge in [0, 0.05) is 0 Å². The molecule has 2 aromatic heterocycles. The van der Waals surface area contributed by atoms with Crippen molar-refractivity contribution in [3.05, 3.63) is 93.2 Å². The highest BCUT2D eigenvalue weighted by Gasteiger charge is 2.19. The molecule has 0 atom stereocenters. The number of nitrogens with zero attached hydrogens (tertiary/aromatic N) is 2. The van der Waals surface area contributed by atoms with E-state index >= 15 is 0 Å². The topological polar surface area (TPSA) is 87.0 Å². The third-order valence-electron chi connectivity index (χ3n) is 4.86. The lowest BCUT2D eigenvalue weighted by Crippen LogP contribution is -2.22. The van der Waals surface area contributed by atoms with Crippen molar-refractivity contribution >= 4 is 43.5 Å². The fourth-order valence-electron chi connectivity index (χ4n) is 3.36. The molecule has 0 aliphatic rings. The first-order valence-corrected chi connectivity index (χ1v) is 11.8. The zero-order valence-corrected chi connectivity index (χ0v) is 18.4. The summed E-state index contributed by atoms with van der Waals surface area (Å²) in [6.45, 7) is 0. The van der Waals surface area contributed by atoms with Crippen molar-refractivity contribution < 1.29 is 17.3 Å². The zero-order valence-electron chi connectivity index (χ0n) is 16.8. The van der Waals surface area contributed by atoms with Crippen LogP contribution in [0.25, 0.3) is 22.1 Å². The molecule has 0 radical (unpaired) electrons. The van der Waals surface area contributed by atoms with Crippen LogP contribution in [-0.2, 0) is 10.1 Å². The smallest absolute Gasteiger partial charge is 0.339 e. The molecular weight excluding hydrogens is 448 g/mol. The van der Waals surface area contributed by atoms with E-state index < -0.39 is 10.1 Å². The Hall–Kier alpha value is -3.69. The summed E-state index contributed by atoms with van der Waals surface area (Å²) in [5, 5.41) is 0. The minimum atomic E-state index is -4.00. The molecule has 0 unspecified atom stereocenters. The van der Waals surface area contributed by atoms with Gasteiger partial charge in [-0.05, 0) is 48.0 Å². The Morgan fingerprint density at radius 3 is 2.50 bits per heavy atom. The first-order chi connectivity index (χ1) is 15.5. The van der Waals surface area contributed by atoms with Crippen molar-refractivity contribution in [2.45, 2.75) is 4.90 Å². The number of methoxy groups -OCH3 is 1. The van der Waals surface area contributed by atoms with Crippen LogP contribution in [0.5, 0.6) is 11.5 Å². The van der Waals surface area contributed by atoms with E-state index in [9.17, 15) is 13.2 Å². The monoisotopic (exact) mass is 464 g/mol. The van der Waals surface area contributed by atoms with E-state index in [1.807, 2.05) is 24.3 Å². The summed E-state index contributed by atoms with van der Waals surface area (Å²) in [5.41, 5.74) is 2.03. The molecule has 0 bridgehead atoms. The summed E-state index contributed by atoms with van der Waals surface area (Å²) in [5.74, 6) is 0.292. The molecule has 0 aliphatic carbocycles. The van der Waals surface area contributed by atoms with Crippen molar-refractivity contribution in [2.24, 2.45) is 0 Å². The molecule has 2 heterocycles. The SMILES string of the molecule is COc1cc(C=c2sc3nc4ccccc4n3c2=O)ccc1OS(=O)(=O)c1ccccc1. The molecule has 7 nitrogen and oxygen atoms in total. The highest BCUT2D eigenvalue weighted by molar-refractivity contribution is 7.87. The number of fused-ring (bicyclic) bond motifs is 3. The largest absolute Gasteiger partial charge is 0.493 e. The Morgan fingerprint density at radius 2 is 1.72 bits per heavy atom. The van der Waals surface area contributed by atoms with Crippen molar-refractivity contribution in [3.8, 4) is 11.5 Å². The second-order valence-corrected chi connectivity index (χ2v) is 9.45. The molecule has 3 aromatic carbocycles. The number of thiazole rings is 1. The fraction of sp³-hybridized carbons (Fsp3) is 0.0435. The zero-order chi connectivity index (χ0) is 22.3. The van der Waals surface area contributed by atoms with Crippen LogP contribution in [0.1, 0.15) is 5.56 Å². The Labute approximate surface area is 186 Å². The molecule has 160 valence electrons. The summed E-state index contributed by atoms with van der Waals surface area (Å²) in [6, 6.07) is 20.1. The Bertz CT molecular complexity index is 1670. The average molecular weight is 465 g/mol. The number of para-hydroxylation sites is 2. The molecule has 5 aromatic rings. The van der Waals surface area contributed by atoms with Gasteiger partial charge in [-0.1, -0.05) is 47.7 Å². The minimum Gasteiger partial charge on any atom is -0.493 e. The summed E-state index contributed by atoms with van der Waals surface area (Å²) < 4.78 is 37.8. The Kier molecular flexibility index (Phi) is 4.91. The second kappa shape index (κ2) is 7.77. The number of hydrogen-bond donors (Lipinski definition) is 0. The van der Waals surface area contributed by atoms with E-state index in [-0.39, 0.29) is 22.0 Å². The molecule has 0 amide bonds. The van der Waals surface area contributed by atoms with E-state index in [1.165, 1.54) is 36.6 Å². The van der Waals surface area contributed by atoms with Crippen molar-refractivity contribution in [1.82, 2.24) is 9.38 Å². The molecule has 32 heavy (non-hydrogen) atoms. The summed E-state index contributed by atoms with van der Waals surface area (Å²) >= 11 is 1.29. The van der Waals surface area contributed by atoms with Gasteiger partial charge in [0.1, 0.15) is 4.90 Å². The van der Waals surface area contributed by atoms with Crippen LogP contribution in [0.4, 0.5) is 0 Å². The standard InChI is InChI=1S/C23H16N2O5S2/c1-29-20-13-15(11-12-19(20)30-32(27,28)16-7-3-2-4-8-16)14-21-22(26)25-18-10-6-5-9-17(18)24-23(25)31-21/h2-14H,1H3. The van der Waals surface area contributed by atoms with Crippen LogP contribution in [0, 0.1) is 0 Å². The number of imidazole rings is 1. The number of ether oxygens (including phenoxy) is 1. The van der Waals surface area contributed by atoms with Gasteiger partial charge in [0.15, 0.2) is 16.5 Å². The summed E-state index contributed by atoms with van der Waals surface area (Å²) in [4.78, 5) is 18.1. The minimum absolute atomic E-state index is 0.0443. The molecule has 0 aliphatic heterocycles. The van der Waals surface area contributed by atoms with Gasteiger partial charge in [0.05, 0.1) is 22.7 Å². The lowest BCUT2D eigenvalue weighted by Gasteiger charge is -2.11. The lowest BCUT2D eigenvalue weighted by molar-refractivity contribution is 0.390.